The van der Waals surface area contributed by atoms with E-state index in [0.717, 1.165) is 51.4 Å². The number of hydrogen-bond donors (Lipinski definition) is 3. The third-order valence-corrected chi connectivity index (χ3v) is 9.27. The maximum Gasteiger partial charge on any atom is 0.472 e. The van der Waals surface area contributed by atoms with Crippen molar-refractivity contribution >= 4 is 25.7 Å². The van der Waals surface area contributed by atoms with Crippen LogP contribution in [0.2, 0.25) is 0 Å². The summed E-state index contributed by atoms with van der Waals surface area (Å²) in [6.45, 7) is 2.55. The molecule has 0 saturated heterocycles. The molecule has 0 aromatic carbocycles. The summed E-state index contributed by atoms with van der Waals surface area (Å²) in [5, 5.41) is 8.88. The Hall–Kier alpha value is -3.60. The van der Waals surface area contributed by atoms with Gasteiger partial charge in [0.1, 0.15) is 12.6 Å². The lowest BCUT2D eigenvalue weighted by atomic mass is 10.1. The summed E-state index contributed by atoms with van der Waals surface area (Å²) in [6, 6.07) is -1.54. The summed E-state index contributed by atoms with van der Waals surface area (Å²) in [5.74, 6) is -2.54. The molecule has 0 fully saturated rings. The van der Waals surface area contributed by atoms with Gasteiger partial charge in [-0.05, 0) is 83.5 Å². The van der Waals surface area contributed by atoms with Crippen LogP contribution in [-0.4, -0.2) is 59.9 Å². The van der Waals surface area contributed by atoms with Crippen LogP contribution in [0.25, 0.3) is 0 Å². The summed E-state index contributed by atoms with van der Waals surface area (Å²) in [6.07, 6.45) is 50.6. The van der Waals surface area contributed by atoms with Crippen molar-refractivity contribution in [2.45, 2.75) is 154 Å². The molecule has 0 radical (unpaired) electrons. The van der Waals surface area contributed by atoms with Crippen molar-refractivity contribution in [1.29, 1.82) is 0 Å². The van der Waals surface area contributed by atoms with E-state index in [9.17, 15) is 23.8 Å². The van der Waals surface area contributed by atoms with Crippen molar-refractivity contribution in [3.63, 3.8) is 0 Å². The van der Waals surface area contributed by atoms with Crippen molar-refractivity contribution < 1.29 is 47.5 Å². The summed E-state index contributed by atoms with van der Waals surface area (Å²) in [4.78, 5) is 45.9. The molecule has 0 aromatic heterocycles. The smallest absolute Gasteiger partial charge is 0.472 e. The van der Waals surface area contributed by atoms with Crippen molar-refractivity contribution in [3.05, 3.63) is 97.2 Å². The van der Waals surface area contributed by atoms with Gasteiger partial charge in [-0.1, -0.05) is 143 Å². The number of aliphatic carboxylic acids is 1. The zero-order valence-electron chi connectivity index (χ0n) is 35.3. The zero-order chi connectivity index (χ0) is 42.8. The molecule has 3 atom stereocenters. The van der Waals surface area contributed by atoms with E-state index in [4.69, 9.17) is 24.8 Å². The molecule has 0 saturated carbocycles. The first kappa shape index (κ1) is 54.4. The van der Waals surface area contributed by atoms with Gasteiger partial charge in [-0.2, -0.15) is 0 Å². The van der Waals surface area contributed by atoms with Gasteiger partial charge in [-0.25, -0.2) is 4.57 Å². The first-order valence-electron chi connectivity index (χ1n) is 21.3. The number of allylic oxidation sites excluding steroid dienone is 16. The topological polar surface area (TPSA) is 172 Å². The van der Waals surface area contributed by atoms with Crippen LogP contribution < -0.4 is 5.73 Å². The lowest BCUT2D eigenvalue weighted by Crippen LogP contribution is -2.34. The fraction of sp³-hybridized carbons (Fsp3) is 0.587. The minimum Gasteiger partial charge on any atom is -0.480 e. The average molecular weight is 832 g/mol. The van der Waals surface area contributed by atoms with Crippen LogP contribution in [0.1, 0.15) is 142 Å². The molecule has 0 aliphatic heterocycles. The maximum absolute atomic E-state index is 12.6. The van der Waals surface area contributed by atoms with Gasteiger partial charge in [-0.15, -0.1) is 0 Å². The molecule has 4 N–H and O–H groups in total. The molecule has 0 rings (SSSR count). The molecule has 58 heavy (non-hydrogen) atoms. The summed E-state index contributed by atoms with van der Waals surface area (Å²) >= 11 is 0. The molecule has 1 unspecified atom stereocenters. The maximum atomic E-state index is 12.6. The first-order chi connectivity index (χ1) is 28.1. The number of esters is 2. The van der Waals surface area contributed by atoms with E-state index in [1.165, 1.54) is 38.5 Å². The van der Waals surface area contributed by atoms with Crippen molar-refractivity contribution in [3.8, 4) is 0 Å². The highest BCUT2D eigenvalue weighted by atomic mass is 31.2. The molecule has 0 aliphatic rings. The molecule has 0 spiro atoms. The Bertz CT molecular complexity index is 1350. The minimum absolute atomic E-state index is 0.0715. The highest BCUT2D eigenvalue weighted by Gasteiger charge is 2.28. The van der Waals surface area contributed by atoms with E-state index in [0.29, 0.717) is 25.7 Å². The third-order valence-electron chi connectivity index (χ3n) is 8.32. The highest BCUT2D eigenvalue weighted by Crippen LogP contribution is 2.43. The number of carbonyl (C=O) groups is 3. The zero-order valence-corrected chi connectivity index (χ0v) is 36.2. The largest absolute Gasteiger partial charge is 0.480 e. The number of phosphoric ester groups is 1. The van der Waals surface area contributed by atoms with Crippen LogP contribution in [0, 0.1) is 0 Å². The average Bonchev–Trinajstić information content (AvgIpc) is 3.20. The number of nitrogens with two attached hydrogens (primary N) is 1. The Morgan fingerprint density at radius 1 is 0.552 bits per heavy atom. The Morgan fingerprint density at radius 3 is 1.45 bits per heavy atom. The van der Waals surface area contributed by atoms with E-state index < -0.39 is 57.7 Å². The fourth-order valence-corrected chi connectivity index (χ4v) is 5.77. The van der Waals surface area contributed by atoms with Crippen molar-refractivity contribution in [2.75, 3.05) is 19.8 Å². The minimum atomic E-state index is -4.75. The number of rotatable bonds is 38. The number of carboxylic acid groups (broad SMARTS) is 1. The van der Waals surface area contributed by atoms with E-state index in [-0.39, 0.29) is 12.8 Å². The molecule has 11 nitrogen and oxygen atoms in total. The van der Waals surface area contributed by atoms with Gasteiger partial charge < -0.3 is 25.2 Å². The predicted molar refractivity (Wildman–Crippen MR) is 235 cm³/mol. The second-order valence-corrected chi connectivity index (χ2v) is 15.2. The van der Waals surface area contributed by atoms with Crippen molar-refractivity contribution in [1.82, 2.24) is 0 Å². The molecular weight excluding hydrogens is 757 g/mol. The Morgan fingerprint density at radius 2 is 0.966 bits per heavy atom. The number of phosphoric acid groups is 1. The second-order valence-electron chi connectivity index (χ2n) is 13.7. The number of hydrogen-bond acceptors (Lipinski definition) is 9. The van der Waals surface area contributed by atoms with E-state index >= 15 is 0 Å². The lowest BCUT2D eigenvalue weighted by Gasteiger charge is -2.20. The Labute approximate surface area is 349 Å². The lowest BCUT2D eigenvalue weighted by molar-refractivity contribution is -0.161. The van der Waals surface area contributed by atoms with E-state index in [2.05, 4.69) is 91.3 Å². The molecular formula is C46H74NO10P. The summed E-state index contributed by atoms with van der Waals surface area (Å²) in [5.41, 5.74) is 5.32. The molecule has 12 heteroatoms. The van der Waals surface area contributed by atoms with Gasteiger partial charge in [0.15, 0.2) is 6.10 Å². The Balaban J connectivity index is 4.58. The van der Waals surface area contributed by atoms with Crippen LogP contribution >= 0.6 is 7.82 Å². The molecule has 0 bridgehead atoms. The molecule has 328 valence electrons. The monoisotopic (exact) mass is 832 g/mol. The quantitative estimate of drug-likeness (QED) is 0.0234. The van der Waals surface area contributed by atoms with Gasteiger partial charge in [0, 0.05) is 12.8 Å². The molecule has 0 aliphatic carbocycles. The fourth-order valence-electron chi connectivity index (χ4n) is 5.00. The molecule has 0 amide bonds. The van der Waals surface area contributed by atoms with Gasteiger partial charge in [0.2, 0.25) is 0 Å². The van der Waals surface area contributed by atoms with Crippen molar-refractivity contribution in [2.24, 2.45) is 5.73 Å². The van der Waals surface area contributed by atoms with Gasteiger partial charge >= 0.3 is 25.7 Å². The number of carbonyl (C=O) groups excluding carboxylic acids is 2. The number of carboxylic acids is 1. The SMILES string of the molecule is CC/C=C\C/C=C\C/C=C\C/C=C\C/C=C\CCCC(=O)OC[C@H](COP(=O)(O)OC[C@H](N)C(=O)O)OC(=O)CCC/C=C\C/C=C\C/C=C\CCCCCCCC. The van der Waals surface area contributed by atoms with Gasteiger partial charge in [0.25, 0.3) is 0 Å². The van der Waals surface area contributed by atoms with Gasteiger partial charge in [0.05, 0.1) is 13.2 Å². The molecule has 0 aromatic rings. The van der Waals surface area contributed by atoms with E-state index in [1.807, 2.05) is 24.3 Å². The van der Waals surface area contributed by atoms with Crippen LogP contribution in [0.3, 0.4) is 0 Å². The first-order valence-corrected chi connectivity index (χ1v) is 22.8. The summed E-state index contributed by atoms with van der Waals surface area (Å²) in [7, 11) is -4.75. The highest BCUT2D eigenvalue weighted by molar-refractivity contribution is 7.47. The van der Waals surface area contributed by atoms with Crippen LogP contribution in [0.5, 0.6) is 0 Å². The second kappa shape index (κ2) is 40.2. The van der Waals surface area contributed by atoms with Gasteiger partial charge in [-0.3, -0.25) is 23.4 Å². The normalized spacial score (nSPS) is 14.7. The number of ether oxygens (including phenoxy) is 2. The third kappa shape index (κ3) is 39.2. The predicted octanol–water partition coefficient (Wildman–Crippen LogP) is 11.3. The molecule has 0 heterocycles. The van der Waals surface area contributed by atoms with Crippen LogP contribution in [-0.2, 0) is 37.5 Å². The summed E-state index contributed by atoms with van der Waals surface area (Å²) < 4.78 is 32.5. The van der Waals surface area contributed by atoms with E-state index in [1.54, 1.807) is 0 Å². The van der Waals surface area contributed by atoms with Crippen LogP contribution in [0.4, 0.5) is 0 Å². The standard InChI is InChI=1S/C46H74NO10P/c1-3-5-7-9-11-13-15-17-19-21-23-25-27-29-31-33-35-37-44(48)54-39-42(40-55-58(52,53)56-41-43(47)46(50)51)57-45(49)38-36-34-32-30-28-26-24-22-20-18-16-14-12-10-8-6-4-2/h5,7,11,13,17-20,23-26,29-32,42-43H,3-4,6,8-10,12,14-16,21-22,27-28,33-41,47H2,1-2H3,(H,50,51)(H,52,53)/b7-5-,13-11-,19-17-,20-18-,25-23-,26-24-,31-29-,32-30-/t42-,43+/m1/s1. The Kier molecular flexibility index (Phi) is 37.7. The number of unbranched alkanes of at least 4 members (excludes halogenated alkanes) is 8. The van der Waals surface area contributed by atoms with Crippen LogP contribution in [0.15, 0.2) is 97.2 Å².